The van der Waals surface area contributed by atoms with E-state index in [1.807, 2.05) is 36.4 Å². The minimum absolute atomic E-state index is 0.0149. The Labute approximate surface area is 219 Å². The van der Waals surface area contributed by atoms with Crippen molar-refractivity contribution in [3.8, 4) is 28.8 Å². The van der Waals surface area contributed by atoms with Gasteiger partial charge in [0.2, 0.25) is 0 Å². The Morgan fingerprint density at radius 1 is 1.11 bits per heavy atom. The fraction of sp³-hybridized carbons (Fsp3) is 0.207. The number of nitrogens with one attached hydrogen (secondary N) is 1. The molecule has 1 amide bonds. The summed E-state index contributed by atoms with van der Waals surface area (Å²) in [5.41, 5.74) is 6.12. The molecular formula is C29H26N4O5. The lowest BCUT2D eigenvalue weighted by Crippen LogP contribution is -2.35. The smallest absolute Gasteiger partial charge is 0.279 e. The third-order valence-corrected chi connectivity index (χ3v) is 6.36. The number of benzene rings is 2. The predicted octanol–water partition coefficient (Wildman–Crippen LogP) is 2.89. The maximum atomic E-state index is 12.5. The number of rotatable bonds is 5. The number of aromatic nitrogens is 2. The number of hydrogen-bond donors (Lipinski definition) is 2. The van der Waals surface area contributed by atoms with E-state index in [4.69, 9.17) is 9.47 Å². The van der Waals surface area contributed by atoms with Crippen LogP contribution in [0.5, 0.6) is 5.75 Å². The maximum Gasteiger partial charge on any atom is 0.279 e. The number of carbonyl (C=O) groups excluding carboxylic acids is 1. The normalized spacial score (nSPS) is 13.5. The van der Waals surface area contributed by atoms with Gasteiger partial charge in [-0.1, -0.05) is 36.1 Å². The van der Waals surface area contributed by atoms with Crippen molar-refractivity contribution in [2.24, 2.45) is 0 Å². The van der Waals surface area contributed by atoms with Gasteiger partial charge in [0.05, 0.1) is 31.2 Å². The van der Waals surface area contributed by atoms with Crippen LogP contribution < -0.4 is 14.9 Å². The van der Waals surface area contributed by atoms with Gasteiger partial charge in [-0.3, -0.25) is 14.9 Å². The molecule has 1 fully saturated rings. The van der Waals surface area contributed by atoms with Crippen LogP contribution in [0.3, 0.4) is 0 Å². The molecule has 4 aromatic rings. The van der Waals surface area contributed by atoms with Gasteiger partial charge in [0, 0.05) is 42.4 Å². The number of pyridine rings is 2. The van der Waals surface area contributed by atoms with Crippen LogP contribution in [-0.2, 0) is 11.3 Å². The molecule has 0 radical (unpaired) electrons. The van der Waals surface area contributed by atoms with Crippen LogP contribution in [-0.4, -0.2) is 54.4 Å². The van der Waals surface area contributed by atoms with E-state index in [0.717, 1.165) is 44.0 Å². The highest BCUT2D eigenvalue weighted by molar-refractivity contribution is 6.09. The van der Waals surface area contributed by atoms with E-state index in [9.17, 15) is 15.2 Å². The minimum Gasteiger partial charge on any atom is -0.619 e. The van der Waals surface area contributed by atoms with Crippen LogP contribution >= 0.6 is 0 Å². The maximum absolute atomic E-state index is 12.5. The number of morpholine rings is 1. The molecule has 0 aliphatic carbocycles. The zero-order valence-corrected chi connectivity index (χ0v) is 20.8. The number of hydrogen-bond acceptors (Lipinski definition) is 7. The molecule has 2 N–H and O–H groups in total. The summed E-state index contributed by atoms with van der Waals surface area (Å²) in [5, 5.41) is 21.4. The lowest BCUT2D eigenvalue weighted by Gasteiger charge is -2.26. The number of ether oxygens (including phenoxy) is 2. The molecule has 0 bridgehead atoms. The van der Waals surface area contributed by atoms with Crippen LogP contribution in [0.2, 0.25) is 0 Å². The Kier molecular flexibility index (Phi) is 7.47. The molecule has 3 heterocycles. The van der Waals surface area contributed by atoms with Gasteiger partial charge < -0.3 is 14.7 Å². The van der Waals surface area contributed by atoms with E-state index in [1.54, 1.807) is 5.48 Å². The van der Waals surface area contributed by atoms with Gasteiger partial charge in [-0.05, 0) is 29.8 Å². The molecule has 9 nitrogen and oxygen atoms in total. The molecule has 38 heavy (non-hydrogen) atoms. The van der Waals surface area contributed by atoms with Crippen LogP contribution in [0.1, 0.15) is 27.0 Å². The highest BCUT2D eigenvalue weighted by atomic mass is 16.5. The van der Waals surface area contributed by atoms with E-state index in [2.05, 4.69) is 33.9 Å². The van der Waals surface area contributed by atoms with Gasteiger partial charge in [0.15, 0.2) is 18.1 Å². The number of fused-ring (bicyclic) bond motifs is 1. The predicted molar refractivity (Wildman–Crippen MR) is 140 cm³/mol. The van der Waals surface area contributed by atoms with E-state index in [1.165, 1.54) is 31.1 Å². The van der Waals surface area contributed by atoms with Crippen molar-refractivity contribution in [1.82, 2.24) is 15.4 Å². The second kappa shape index (κ2) is 11.3. The van der Waals surface area contributed by atoms with Gasteiger partial charge in [-0.15, -0.1) is 0 Å². The van der Waals surface area contributed by atoms with E-state index in [0.29, 0.717) is 21.5 Å². The molecule has 0 atom stereocenters. The summed E-state index contributed by atoms with van der Waals surface area (Å²) >= 11 is 0. The number of carbonyl (C=O) groups is 1. The molecule has 0 unspecified atom stereocenters. The average Bonchev–Trinajstić information content (AvgIpc) is 2.96. The van der Waals surface area contributed by atoms with Crippen molar-refractivity contribution in [3.05, 3.63) is 94.5 Å². The fourth-order valence-electron chi connectivity index (χ4n) is 4.41. The molecule has 5 rings (SSSR count). The van der Waals surface area contributed by atoms with E-state index in [-0.39, 0.29) is 16.7 Å². The first-order valence-corrected chi connectivity index (χ1v) is 12.1. The Morgan fingerprint density at radius 2 is 1.76 bits per heavy atom. The van der Waals surface area contributed by atoms with Crippen molar-refractivity contribution in [1.29, 1.82) is 0 Å². The lowest BCUT2D eigenvalue weighted by atomic mass is 10.0. The summed E-state index contributed by atoms with van der Waals surface area (Å²) in [5.74, 6) is 5.72. The van der Waals surface area contributed by atoms with Crippen molar-refractivity contribution in [2.75, 3.05) is 33.4 Å². The van der Waals surface area contributed by atoms with Crippen LogP contribution in [0.25, 0.3) is 22.2 Å². The van der Waals surface area contributed by atoms with Crippen LogP contribution in [0, 0.1) is 17.0 Å². The third-order valence-electron chi connectivity index (χ3n) is 6.36. The summed E-state index contributed by atoms with van der Waals surface area (Å²) < 4.78 is 11.5. The number of hydroxylamine groups is 1. The summed E-state index contributed by atoms with van der Waals surface area (Å²) in [4.78, 5) is 19.5. The fourth-order valence-corrected chi connectivity index (χ4v) is 4.41. The van der Waals surface area contributed by atoms with Gasteiger partial charge in [0.1, 0.15) is 11.3 Å². The quantitative estimate of drug-likeness (QED) is 0.140. The molecule has 2 aromatic heterocycles. The van der Waals surface area contributed by atoms with Crippen molar-refractivity contribution < 1.29 is 24.2 Å². The molecule has 192 valence electrons. The van der Waals surface area contributed by atoms with Crippen LogP contribution in [0.4, 0.5) is 0 Å². The Morgan fingerprint density at radius 3 is 2.39 bits per heavy atom. The third kappa shape index (κ3) is 5.43. The van der Waals surface area contributed by atoms with Crippen molar-refractivity contribution in [2.45, 2.75) is 6.54 Å². The van der Waals surface area contributed by atoms with Crippen LogP contribution in [0.15, 0.2) is 67.0 Å². The Bertz CT molecular complexity index is 1520. The first-order chi connectivity index (χ1) is 18.6. The Balaban J connectivity index is 1.39. The molecule has 1 saturated heterocycles. The molecule has 1 aliphatic rings. The van der Waals surface area contributed by atoms with Gasteiger partial charge >= 0.3 is 0 Å². The zero-order valence-electron chi connectivity index (χ0n) is 20.8. The molecular weight excluding hydrogens is 484 g/mol. The Hall–Kier alpha value is -4.49. The summed E-state index contributed by atoms with van der Waals surface area (Å²) in [6.07, 6.45) is 2.51. The average molecular weight is 511 g/mol. The van der Waals surface area contributed by atoms with E-state index >= 15 is 0 Å². The van der Waals surface area contributed by atoms with Gasteiger partial charge in [-0.2, -0.15) is 4.73 Å². The highest BCUT2D eigenvalue weighted by Gasteiger charge is 2.24. The minimum atomic E-state index is -0.805. The largest absolute Gasteiger partial charge is 0.619 e. The molecule has 1 aliphatic heterocycles. The highest BCUT2D eigenvalue weighted by Crippen LogP contribution is 2.35. The zero-order chi connectivity index (χ0) is 26.5. The first kappa shape index (κ1) is 25.2. The molecule has 9 heteroatoms. The summed E-state index contributed by atoms with van der Waals surface area (Å²) in [6, 6.07) is 17.2. The second-order valence-electron chi connectivity index (χ2n) is 8.83. The van der Waals surface area contributed by atoms with E-state index < -0.39 is 5.91 Å². The van der Waals surface area contributed by atoms with Crippen molar-refractivity contribution >= 4 is 16.8 Å². The monoisotopic (exact) mass is 510 g/mol. The van der Waals surface area contributed by atoms with Gasteiger partial charge in [0.25, 0.3) is 5.91 Å². The number of methoxy groups -OCH3 is 1. The van der Waals surface area contributed by atoms with Crippen molar-refractivity contribution in [3.63, 3.8) is 0 Å². The first-order valence-electron chi connectivity index (χ1n) is 12.1. The molecule has 0 saturated carbocycles. The number of nitrogens with zero attached hydrogens (tertiary/aromatic N) is 3. The number of amides is 1. The second-order valence-corrected chi connectivity index (χ2v) is 8.83. The summed E-state index contributed by atoms with van der Waals surface area (Å²) in [7, 11) is 1.40. The molecule has 2 aromatic carbocycles. The standard InChI is InChI=1S/C29H26N4O5/c1-37-28-26(29(34)31-35)24-19-33(36)13-12-25(24)30-27(28)23-10-8-21(9-11-23)3-2-20-4-6-22(7-5-20)18-32-14-16-38-17-15-32/h4-13,19,35H,14-18H2,1H3,(H,31,34). The lowest BCUT2D eigenvalue weighted by molar-refractivity contribution is -0.603. The summed E-state index contributed by atoms with van der Waals surface area (Å²) in [6.45, 7) is 4.38. The molecule has 0 spiro atoms. The topological polar surface area (TPSA) is 111 Å². The van der Waals surface area contributed by atoms with Gasteiger partial charge in [-0.25, -0.2) is 10.5 Å². The SMILES string of the molecule is COc1c(-c2ccc(C#Cc3ccc(CN4CCOCC4)cc3)cc2)nc2cc[n+]([O-])cc2c1C(=O)NO.